The van der Waals surface area contributed by atoms with E-state index < -0.39 is 0 Å². The second-order valence-corrected chi connectivity index (χ2v) is 6.93. The van der Waals surface area contributed by atoms with Gasteiger partial charge >= 0.3 is 0 Å². The van der Waals surface area contributed by atoms with Gasteiger partial charge in [0.2, 0.25) is 11.8 Å². The molecule has 0 saturated carbocycles. The summed E-state index contributed by atoms with van der Waals surface area (Å²) in [5.74, 6) is 2.27. The van der Waals surface area contributed by atoms with Gasteiger partial charge in [0.05, 0.1) is 12.2 Å². The normalized spacial score (nSPS) is 14.4. The minimum absolute atomic E-state index is 0. The van der Waals surface area contributed by atoms with Gasteiger partial charge in [0.15, 0.2) is 5.96 Å². The van der Waals surface area contributed by atoms with Crippen molar-refractivity contribution in [1.29, 1.82) is 0 Å². The third kappa shape index (κ3) is 5.26. The number of aryl methyl sites for hydroxylation is 1. The summed E-state index contributed by atoms with van der Waals surface area (Å²) in [6, 6.07) is 9.99. The number of hydrogen-bond donors (Lipinski definition) is 1. The van der Waals surface area contributed by atoms with E-state index in [1.807, 2.05) is 18.2 Å². The molecule has 4 rings (SSSR count). The van der Waals surface area contributed by atoms with Gasteiger partial charge in [-0.3, -0.25) is 4.99 Å². The van der Waals surface area contributed by atoms with Crippen LogP contribution in [0.3, 0.4) is 0 Å². The van der Waals surface area contributed by atoms with Crippen LogP contribution in [0, 0.1) is 6.92 Å². The quantitative estimate of drug-likeness (QED) is 0.323. The average Bonchev–Trinajstić information content (AvgIpc) is 3.25. The number of aliphatic imine (C=N–C) groups is 1. The highest BCUT2D eigenvalue weighted by molar-refractivity contribution is 14.0. The Hall–Kier alpha value is -2.69. The number of aromatic nitrogens is 3. The molecule has 1 N–H and O–H groups in total. The van der Waals surface area contributed by atoms with Crippen LogP contribution in [0.2, 0.25) is 0 Å². The van der Waals surface area contributed by atoms with Gasteiger partial charge in [-0.05, 0) is 25.1 Å². The van der Waals surface area contributed by atoms with Crippen LogP contribution in [-0.4, -0.2) is 59.0 Å². The van der Waals surface area contributed by atoms with Crippen molar-refractivity contribution in [2.24, 2.45) is 4.99 Å². The molecule has 2 aromatic heterocycles. The first-order valence-corrected chi connectivity index (χ1v) is 9.72. The van der Waals surface area contributed by atoms with Gasteiger partial charge in [-0.25, -0.2) is 15.0 Å². The first kappa shape index (κ1) is 22.0. The number of nitrogens with one attached hydrogen (secondary N) is 1. The Morgan fingerprint density at radius 2 is 1.80 bits per heavy atom. The molecule has 30 heavy (non-hydrogen) atoms. The molecule has 3 heterocycles. The predicted molar refractivity (Wildman–Crippen MR) is 128 cm³/mol. The molecule has 0 spiro atoms. The van der Waals surface area contributed by atoms with E-state index in [2.05, 4.69) is 54.1 Å². The first-order valence-electron chi connectivity index (χ1n) is 9.72. The number of rotatable bonds is 4. The van der Waals surface area contributed by atoms with Crippen LogP contribution in [0.25, 0.3) is 11.5 Å². The molecular formula is C21H26IN7O. The molecule has 0 amide bonds. The number of anilines is 1. The van der Waals surface area contributed by atoms with Crippen LogP contribution in [0.4, 0.5) is 5.95 Å². The number of nitrogens with zero attached hydrogens (tertiary/aromatic N) is 6. The number of benzene rings is 1. The lowest BCUT2D eigenvalue weighted by Crippen LogP contribution is -2.52. The summed E-state index contributed by atoms with van der Waals surface area (Å²) < 4.78 is 5.64. The Kier molecular flexibility index (Phi) is 7.61. The lowest BCUT2D eigenvalue weighted by Gasteiger charge is -2.36. The van der Waals surface area contributed by atoms with E-state index in [0.717, 1.165) is 49.3 Å². The van der Waals surface area contributed by atoms with Crippen molar-refractivity contribution in [3.05, 3.63) is 60.2 Å². The minimum atomic E-state index is 0. The highest BCUT2D eigenvalue weighted by atomic mass is 127. The highest BCUT2D eigenvalue weighted by Gasteiger charge is 2.21. The second-order valence-electron chi connectivity index (χ2n) is 6.93. The van der Waals surface area contributed by atoms with Crippen LogP contribution in [0.1, 0.15) is 11.3 Å². The minimum Gasteiger partial charge on any atom is -0.444 e. The zero-order chi connectivity index (χ0) is 20.1. The fraction of sp³-hybridized carbons (Fsp3) is 0.333. The monoisotopic (exact) mass is 519 g/mol. The van der Waals surface area contributed by atoms with Crippen LogP contribution in [0.15, 0.2) is 58.4 Å². The SMILES string of the molecule is CN=C(NCc1coc(-c2ccc(C)cc2)n1)N1CCN(c2ncccn2)CC1.I. The molecule has 1 aliphatic rings. The van der Waals surface area contributed by atoms with Crippen molar-refractivity contribution in [2.45, 2.75) is 13.5 Å². The van der Waals surface area contributed by atoms with Crippen LogP contribution >= 0.6 is 24.0 Å². The van der Waals surface area contributed by atoms with Crippen molar-refractivity contribution in [1.82, 2.24) is 25.2 Å². The Morgan fingerprint density at radius 3 is 2.47 bits per heavy atom. The summed E-state index contributed by atoms with van der Waals surface area (Å²) in [7, 11) is 1.80. The summed E-state index contributed by atoms with van der Waals surface area (Å²) in [6.07, 6.45) is 5.25. The summed E-state index contributed by atoms with van der Waals surface area (Å²) in [4.78, 5) is 22.1. The third-order valence-electron chi connectivity index (χ3n) is 4.90. The van der Waals surface area contributed by atoms with Crippen molar-refractivity contribution in [3.8, 4) is 11.5 Å². The van der Waals surface area contributed by atoms with Crippen LogP contribution in [-0.2, 0) is 6.54 Å². The van der Waals surface area contributed by atoms with Gasteiger partial charge in [0, 0.05) is 51.2 Å². The zero-order valence-corrected chi connectivity index (χ0v) is 19.5. The standard InChI is InChI=1S/C21H25N7O.HI/c1-16-4-6-17(7-5-16)19-26-18(15-29-19)14-25-20(22-2)27-10-12-28(13-11-27)21-23-8-3-9-24-21;/h3-9,15H,10-14H2,1-2H3,(H,22,25);1H. The Morgan fingerprint density at radius 1 is 1.10 bits per heavy atom. The molecule has 1 fully saturated rings. The van der Waals surface area contributed by atoms with E-state index in [9.17, 15) is 0 Å². The number of hydrogen-bond acceptors (Lipinski definition) is 6. The van der Waals surface area contributed by atoms with E-state index in [1.165, 1.54) is 5.56 Å². The van der Waals surface area contributed by atoms with Gasteiger partial charge in [0.25, 0.3) is 0 Å². The zero-order valence-electron chi connectivity index (χ0n) is 17.2. The molecule has 0 unspecified atom stereocenters. The summed E-state index contributed by atoms with van der Waals surface area (Å²) in [5, 5.41) is 3.39. The molecule has 8 nitrogen and oxygen atoms in total. The van der Waals surface area contributed by atoms with Gasteiger partial charge in [-0.1, -0.05) is 17.7 Å². The number of piperazine rings is 1. The molecule has 158 valence electrons. The van der Waals surface area contributed by atoms with Crippen molar-refractivity contribution >= 4 is 35.9 Å². The Balaban J connectivity index is 0.00000256. The number of guanidine groups is 1. The molecule has 1 aromatic carbocycles. The first-order chi connectivity index (χ1) is 14.2. The van der Waals surface area contributed by atoms with E-state index >= 15 is 0 Å². The molecular weight excluding hydrogens is 493 g/mol. The van der Waals surface area contributed by atoms with E-state index in [-0.39, 0.29) is 24.0 Å². The largest absolute Gasteiger partial charge is 0.444 e. The molecule has 0 atom stereocenters. The fourth-order valence-electron chi connectivity index (χ4n) is 3.29. The number of halogens is 1. The molecule has 0 radical (unpaired) electrons. The van der Waals surface area contributed by atoms with E-state index in [4.69, 9.17) is 4.42 Å². The lowest BCUT2D eigenvalue weighted by molar-refractivity contribution is 0.370. The second kappa shape index (κ2) is 10.4. The maximum absolute atomic E-state index is 5.64. The van der Waals surface area contributed by atoms with Crippen molar-refractivity contribution in [2.75, 3.05) is 38.1 Å². The highest BCUT2D eigenvalue weighted by Crippen LogP contribution is 2.19. The molecule has 9 heteroatoms. The smallest absolute Gasteiger partial charge is 0.226 e. The molecule has 1 aliphatic heterocycles. The lowest BCUT2D eigenvalue weighted by atomic mass is 10.1. The topological polar surface area (TPSA) is 82.7 Å². The maximum Gasteiger partial charge on any atom is 0.226 e. The predicted octanol–water partition coefficient (Wildman–Crippen LogP) is 2.96. The van der Waals surface area contributed by atoms with Crippen molar-refractivity contribution in [3.63, 3.8) is 0 Å². The average molecular weight is 519 g/mol. The van der Waals surface area contributed by atoms with E-state index in [0.29, 0.717) is 12.4 Å². The van der Waals surface area contributed by atoms with Crippen LogP contribution in [0.5, 0.6) is 0 Å². The van der Waals surface area contributed by atoms with Crippen LogP contribution < -0.4 is 10.2 Å². The maximum atomic E-state index is 5.64. The van der Waals surface area contributed by atoms with Gasteiger partial charge in [-0.15, -0.1) is 24.0 Å². The third-order valence-corrected chi connectivity index (χ3v) is 4.90. The molecule has 0 aliphatic carbocycles. The summed E-state index contributed by atoms with van der Waals surface area (Å²) in [6.45, 7) is 6.03. The fourth-order valence-corrected chi connectivity index (χ4v) is 3.29. The Bertz CT molecular complexity index is 951. The summed E-state index contributed by atoms with van der Waals surface area (Å²) >= 11 is 0. The van der Waals surface area contributed by atoms with Gasteiger partial charge < -0.3 is 19.5 Å². The molecule has 3 aromatic rings. The number of oxazole rings is 1. The molecule has 1 saturated heterocycles. The van der Waals surface area contributed by atoms with Gasteiger partial charge in [0.1, 0.15) is 6.26 Å². The Labute approximate surface area is 193 Å². The molecule has 0 bridgehead atoms. The van der Waals surface area contributed by atoms with E-state index in [1.54, 1.807) is 25.7 Å². The summed E-state index contributed by atoms with van der Waals surface area (Å²) in [5.41, 5.74) is 3.04. The van der Waals surface area contributed by atoms with Gasteiger partial charge in [-0.2, -0.15) is 0 Å². The van der Waals surface area contributed by atoms with Crippen molar-refractivity contribution < 1.29 is 4.42 Å².